The second-order valence-corrected chi connectivity index (χ2v) is 7.32. The average molecular weight is 339 g/mol. The van der Waals surface area contributed by atoms with Gasteiger partial charge in [0, 0.05) is 12.6 Å². The first kappa shape index (κ1) is 16.0. The quantitative estimate of drug-likeness (QED) is 0.896. The molecule has 0 saturated heterocycles. The Kier molecular flexibility index (Phi) is 3.95. The van der Waals surface area contributed by atoms with Gasteiger partial charge >= 0.3 is 0 Å². The van der Waals surface area contributed by atoms with Gasteiger partial charge in [-0.1, -0.05) is 24.3 Å². The van der Waals surface area contributed by atoms with E-state index in [0.29, 0.717) is 24.5 Å². The van der Waals surface area contributed by atoms with Gasteiger partial charge in [0.15, 0.2) is 0 Å². The molecule has 0 aliphatic heterocycles. The number of aryl methyl sites for hydroxylation is 1. The molecule has 1 unspecified atom stereocenters. The van der Waals surface area contributed by atoms with Crippen LogP contribution in [0.2, 0.25) is 0 Å². The summed E-state index contributed by atoms with van der Waals surface area (Å²) in [5.41, 5.74) is 0.296. The minimum absolute atomic E-state index is 0.275. The predicted octanol–water partition coefficient (Wildman–Crippen LogP) is 2.08. The van der Waals surface area contributed by atoms with Crippen LogP contribution in [0.15, 0.2) is 47.4 Å². The molecule has 0 heterocycles. The maximum absolute atomic E-state index is 13.7. The Morgan fingerprint density at radius 2 is 1.91 bits per heavy atom. The van der Waals surface area contributed by atoms with E-state index in [4.69, 9.17) is 0 Å². The largest absolute Gasteiger partial charge is 0.384 e. The van der Waals surface area contributed by atoms with Crippen molar-refractivity contribution < 1.29 is 22.3 Å². The summed E-state index contributed by atoms with van der Waals surface area (Å²) in [5.74, 6) is -2.03. The van der Waals surface area contributed by atoms with E-state index in [1.165, 1.54) is 0 Å². The number of aliphatic hydroxyl groups is 1. The minimum atomic E-state index is -4.19. The monoisotopic (exact) mass is 339 g/mol. The average Bonchev–Trinajstić information content (AvgIpc) is 2.84. The molecule has 2 N–H and O–H groups in total. The van der Waals surface area contributed by atoms with Crippen LogP contribution in [-0.4, -0.2) is 20.1 Å². The van der Waals surface area contributed by atoms with Gasteiger partial charge in [0.25, 0.3) is 0 Å². The van der Waals surface area contributed by atoms with E-state index in [1.54, 1.807) is 12.1 Å². The third-order valence-electron chi connectivity index (χ3n) is 4.06. The first-order chi connectivity index (χ1) is 10.8. The number of hydrogen-bond donors (Lipinski definition) is 2. The molecule has 0 spiro atoms. The van der Waals surface area contributed by atoms with Crippen LogP contribution in [0, 0.1) is 11.6 Å². The lowest BCUT2D eigenvalue weighted by atomic mass is 9.96. The number of hydrogen-bond acceptors (Lipinski definition) is 3. The van der Waals surface area contributed by atoms with Crippen LogP contribution >= 0.6 is 0 Å². The SMILES string of the molecule is O=S(=O)(NCC1(O)CCc2ccccc21)c1ccc(F)cc1F. The fourth-order valence-corrected chi connectivity index (χ4v) is 3.98. The normalized spacial score (nSPS) is 20.5. The van der Waals surface area contributed by atoms with Crippen LogP contribution in [0.25, 0.3) is 0 Å². The molecular weight excluding hydrogens is 324 g/mol. The van der Waals surface area contributed by atoms with Crippen molar-refractivity contribution in [2.75, 3.05) is 6.54 Å². The minimum Gasteiger partial charge on any atom is -0.384 e. The highest BCUT2D eigenvalue weighted by Crippen LogP contribution is 2.36. The molecule has 1 atom stereocenters. The lowest BCUT2D eigenvalue weighted by molar-refractivity contribution is 0.0442. The van der Waals surface area contributed by atoms with Gasteiger partial charge < -0.3 is 5.11 Å². The Labute approximate surface area is 132 Å². The van der Waals surface area contributed by atoms with Gasteiger partial charge in [-0.05, 0) is 36.1 Å². The maximum atomic E-state index is 13.7. The predicted molar refractivity (Wildman–Crippen MR) is 80.2 cm³/mol. The summed E-state index contributed by atoms with van der Waals surface area (Å²) < 4.78 is 53.2. The van der Waals surface area contributed by atoms with Crippen molar-refractivity contribution >= 4 is 10.0 Å². The van der Waals surface area contributed by atoms with Crippen molar-refractivity contribution in [3.8, 4) is 0 Å². The van der Waals surface area contributed by atoms with E-state index >= 15 is 0 Å². The number of rotatable bonds is 4. The smallest absolute Gasteiger partial charge is 0.243 e. The Hall–Kier alpha value is -1.83. The van der Waals surface area contributed by atoms with Crippen LogP contribution in [0.1, 0.15) is 17.5 Å². The van der Waals surface area contributed by atoms with Crippen molar-refractivity contribution in [3.63, 3.8) is 0 Å². The summed E-state index contributed by atoms with van der Waals surface area (Å²) >= 11 is 0. The highest BCUT2D eigenvalue weighted by Gasteiger charge is 2.37. The lowest BCUT2D eigenvalue weighted by Crippen LogP contribution is -2.39. The van der Waals surface area contributed by atoms with E-state index in [-0.39, 0.29) is 6.54 Å². The summed E-state index contributed by atoms with van der Waals surface area (Å²) in [5, 5.41) is 10.7. The van der Waals surface area contributed by atoms with E-state index in [2.05, 4.69) is 4.72 Å². The van der Waals surface area contributed by atoms with Crippen LogP contribution in [0.4, 0.5) is 8.78 Å². The Balaban J connectivity index is 1.83. The zero-order valence-corrected chi connectivity index (χ0v) is 12.9. The van der Waals surface area contributed by atoms with Crippen LogP contribution < -0.4 is 4.72 Å². The highest BCUT2D eigenvalue weighted by molar-refractivity contribution is 7.89. The maximum Gasteiger partial charge on any atom is 0.243 e. The summed E-state index contributed by atoms with van der Waals surface area (Å²) in [6, 6.07) is 9.48. The van der Waals surface area contributed by atoms with Crippen LogP contribution in [-0.2, 0) is 22.0 Å². The molecule has 3 rings (SSSR count). The standard InChI is InChI=1S/C16H15F2NO3S/c17-12-5-6-15(14(18)9-12)23(21,22)19-10-16(20)8-7-11-3-1-2-4-13(11)16/h1-6,9,19-20H,7-8,10H2. The van der Waals surface area contributed by atoms with Crippen molar-refractivity contribution in [1.82, 2.24) is 4.72 Å². The number of fused-ring (bicyclic) bond motifs is 1. The third kappa shape index (κ3) is 2.99. The van der Waals surface area contributed by atoms with Gasteiger partial charge in [-0.25, -0.2) is 21.9 Å². The summed E-state index contributed by atoms with van der Waals surface area (Å²) in [4.78, 5) is -0.645. The summed E-state index contributed by atoms with van der Waals surface area (Å²) in [6.45, 7) is -0.275. The van der Waals surface area contributed by atoms with E-state index in [1.807, 2.05) is 12.1 Å². The molecule has 1 aliphatic carbocycles. The zero-order chi connectivity index (χ0) is 16.7. The Morgan fingerprint density at radius 1 is 1.17 bits per heavy atom. The molecule has 122 valence electrons. The molecule has 0 saturated carbocycles. The van der Waals surface area contributed by atoms with Gasteiger partial charge in [0.05, 0.1) is 0 Å². The molecular formula is C16H15F2NO3S. The Bertz CT molecular complexity index is 854. The van der Waals surface area contributed by atoms with Gasteiger partial charge in [-0.3, -0.25) is 0 Å². The fourth-order valence-electron chi connectivity index (χ4n) is 2.84. The number of halogens is 2. The lowest BCUT2D eigenvalue weighted by Gasteiger charge is -2.24. The molecule has 2 aromatic carbocycles. The molecule has 0 bridgehead atoms. The molecule has 7 heteroatoms. The molecule has 23 heavy (non-hydrogen) atoms. The zero-order valence-electron chi connectivity index (χ0n) is 12.1. The van der Waals surface area contributed by atoms with E-state index < -0.39 is 32.2 Å². The van der Waals surface area contributed by atoms with E-state index in [9.17, 15) is 22.3 Å². The number of sulfonamides is 1. The molecule has 0 radical (unpaired) electrons. The molecule has 1 aliphatic rings. The van der Waals surface area contributed by atoms with Crippen molar-refractivity contribution in [3.05, 3.63) is 65.2 Å². The Morgan fingerprint density at radius 3 is 2.65 bits per heavy atom. The number of nitrogens with one attached hydrogen (secondary N) is 1. The van der Waals surface area contributed by atoms with Crippen molar-refractivity contribution in [1.29, 1.82) is 0 Å². The molecule has 0 fully saturated rings. The highest BCUT2D eigenvalue weighted by atomic mass is 32.2. The third-order valence-corrected chi connectivity index (χ3v) is 5.50. The first-order valence-electron chi connectivity index (χ1n) is 7.07. The van der Waals surface area contributed by atoms with Gasteiger partial charge in [-0.15, -0.1) is 0 Å². The fraction of sp³-hybridized carbons (Fsp3) is 0.250. The molecule has 4 nitrogen and oxygen atoms in total. The van der Waals surface area contributed by atoms with Crippen molar-refractivity contribution in [2.45, 2.75) is 23.3 Å². The van der Waals surface area contributed by atoms with Crippen LogP contribution in [0.3, 0.4) is 0 Å². The van der Waals surface area contributed by atoms with Crippen molar-refractivity contribution in [2.24, 2.45) is 0 Å². The van der Waals surface area contributed by atoms with Gasteiger partial charge in [-0.2, -0.15) is 0 Å². The van der Waals surface area contributed by atoms with Crippen LogP contribution in [0.5, 0.6) is 0 Å². The summed E-state index contributed by atoms with van der Waals surface area (Å²) in [7, 11) is -4.19. The molecule has 0 amide bonds. The van der Waals surface area contributed by atoms with Gasteiger partial charge in [0.2, 0.25) is 10.0 Å². The van der Waals surface area contributed by atoms with E-state index in [0.717, 1.165) is 17.7 Å². The van der Waals surface area contributed by atoms with Gasteiger partial charge in [0.1, 0.15) is 22.1 Å². The number of benzene rings is 2. The molecule has 0 aromatic heterocycles. The second-order valence-electron chi connectivity index (χ2n) is 5.59. The second kappa shape index (κ2) is 5.67. The summed E-state index contributed by atoms with van der Waals surface area (Å²) in [6.07, 6.45) is 1.01. The topological polar surface area (TPSA) is 66.4 Å². The first-order valence-corrected chi connectivity index (χ1v) is 8.56. The molecule has 2 aromatic rings.